The van der Waals surface area contributed by atoms with Crippen molar-refractivity contribution in [1.82, 2.24) is 15.2 Å². The monoisotopic (exact) mass is 337 g/mol. The number of carbonyl (C=O) groups excluding carboxylic acids is 2. The molecule has 2 aromatic rings. The van der Waals surface area contributed by atoms with Crippen LogP contribution in [0.1, 0.15) is 51.6 Å². The lowest BCUT2D eigenvalue weighted by Gasteiger charge is -2.16. The predicted octanol–water partition coefficient (Wildman–Crippen LogP) is 2.81. The maximum absolute atomic E-state index is 12.5. The zero-order valence-electron chi connectivity index (χ0n) is 14.5. The van der Waals surface area contributed by atoms with Crippen LogP contribution in [0.25, 0.3) is 0 Å². The molecule has 1 aromatic carbocycles. The van der Waals surface area contributed by atoms with Crippen LogP contribution in [-0.2, 0) is 13.0 Å². The third-order valence-electron chi connectivity index (χ3n) is 4.55. The Bertz CT molecular complexity index is 767. The molecule has 1 aliphatic rings. The van der Waals surface area contributed by atoms with E-state index < -0.39 is 0 Å². The van der Waals surface area contributed by atoms with Crippen LogP contribution >= 0.6 is 0 Å². The second kappa shape index (κ2) is 7.92. The minimum Gasteiger partial charge on any atom is -0.348 e. The number of carbonyl (C=O) groups is 2. The van der Waals surface area contributed by atoms with Gasteiger partial charge < -0.3 is 10.2 Å². The molecule has 0 saturated carbocycles. The number of nitrogens with one attached hydrogen (secondary N) is 1. The summed E-state index contributed by atoms with van der Waals surface area (Å²) in [5, 5.41) is 2.93. The quantitative estimate of drug-likeness (QED) is 0.912. The fraction of sp³-hybridized carbons (Fsp3) is 0.350. The SMILES string of the molecule is CCc1cnccc1C(=O)NCc1cccc(C(=O)N2CCCC2)c1. The molecule has 1 saturated heterocycles. The van der Waals surface area contributed by atoms with Gasteiger partial charge in [0.15, 0.2) is 0 Å². The highest BCUT2D eigenvalue weighted by molar-refractivity contribution is 5.96. The first-order valence-electron chi connectivity index (χ1n) is 8.78. The van der Waals surface area contributed by atoms with Gasteiger partial charge in [-0.3, -0.25) is 14.6 Å². The molecule has 25 heavy (non-hydrogen) atoms. The van der Waals surface area contributed by atoms with Crippen LogP contribution in [0.2, 0.25) is 0 Å². The topological polar surface area (TPSA) is 62.3 Å². The van der Waals surface area contributed by atoms with E-state index in [2.05, 4.69) is 10.3 Å². The van der Waals surface area contributed by atoms with Gasteiger partial charge in [-0.25, -0.2) is 0 Å². The molecule has 1 N–H and O–H groups in total. The lowest BCUT2D eigenvalue weighted by molar-refractivity contribution is 0.0792. The van der Waals surface area contributed by atoms with Gasteiger partial charge in [0.25, 0.3) is 11.8 Å². The number of likely N-dealkylation sites (tertiary alicyclic amines) is 1. The number of rotatable bonds is 5. The molecule has 2 amide bonds. The lowest BCUT2D eigenvalue weighted by Crippen LogP contribution is -2.28. The van der Waals surface area contributed by atoms with E-state index in [1.54, 1.807) is 18.5 Å². The van der Waals surface area contributed by atoms with Crippen LogP contribution in [0.5, 0.6) is 0 Å². The standard InChI is InChI=1S/C20H23N3O2/c1-2-16-14-21-9-8-18(16)19(24)22-13-15-6-5-7-17(12-15)20(25)23-10-3-4-11-23/h5-9,12,14H,2-4,10-11,13H2,1H3,(H,22,24). The molecule has 5 nitrogen and oxygen atoms in total. The Kier molecular flexibility index (Phi) is 5.43. The maximum Gasteiger partial charge on any atom is 0.253 e. The number of hydrogen-bond acceptors (Lipinski definition) is 3. The first-order valence-corrected chi connectivity index (χ1v) is 8.78. The fourth-order valence-corrected chi connectivity index (χ4v) is 3.13. The molecule has 2 heterocycles. The van der Waals surface area contributed by atoms with Crippen molar-refractivity contribution in [1.29, 1.82) is 0 Å². The highest BCUT2D eigenvalue weighted by atomic mass is 16.2. The zero-order valence-corrected chi connectivity index (χ0v) is 14.5. The molecule has 0 radical (unpaired) electrons. The number of hydrogen-bond donors (Lipinski definition) is 1. The van der Waals surface area contributed by atoms with E-state index in [0.717, 1.165) is 43.5 Å². The molecule has 1 aromatic heterocycles. The van der Waals surface area contributed by atoms with Gasteiger partial charge in [-0.1, -0.05) is 19.1 Å². The summed E-state index contributed by atoms with van der Waals surface area (Å²) in [7, 11) is 0. The van der Waals surface area contributed by atoms with E-state index in [0.29, 0.717) is 17.7 Å². The number of pyridine rings is 1. The van der Waals surface area contributed by atoms with E-state index >= 15 is 0 Å². The van der Waals surface area contributed by atoms with Crippen molar-refractivity contribution in [2.45, 2.75) is 32.7 Å². The van der Waals surface area contributed by atoms with Gasteiger partial charge in [0.05, 0.1) is 0 Å². The normalized spacial score (nSPS) is 13.7. The minimum atomic E-state index is -0.115. The summed E-state index contributed by atoms with van der Waals surface area (Å²) < 4.78 is 0. The van der Waals surface area contributed by atoms with Crippen molar-refractivity contribution in [3.05, 3.63) is 65.0 Å². The lowest BCUT2D eigenvalue weighted by atomic mass is 10.1. The predicted molar refractivity (Wildman–Crippen MR) is 96.4 cm³/mol. The Labute approximate surface area is 148 Å². The number of aromatic nitrogens is 1. The smallest absolute Gasteiger partial charge is 0.253 e. The molecule has 0 bridgehead atoms. The first kappa shape index (κ1) is 17.1. The second-order valence-corrected chi connectivity index (χ2v) is 6.27. The minimum absolute atomic E-state index is 0.0769. The maximum atomic E-state index is 12.5. The summed E-state index contributed by atoms with van der Waals surface area (Å²) in [5.74, 6) is -0.0383. The van der Waals surface area contributed by atoms with Crippen LogP contribution in [-0.4, -0.2) is 34.8 Å². The summed E-state index contributed by atoms with van der Waals surface area (Å²) in [4.78, 5) is 30.8. The largest absolute Gasteiger partial charge is 0.348 e. The van der Waals surface area contributed by atoms with Crippen molar-refractivity contribution in [3.8, 4) is 0 Å². The first-order chi connectivity index (χ1) is 12.2. The molecular weight excluding hydrogens is 314 g/mol. The molecule has 5 heteroatoms. The number of aryl methyl sites for hydroxylation is 1. The average Bonchev–Trinajstić information content (AvgIpc) is 3.20. The fourth-order valence-electron chi connectivity index (χ4n) is 3.13. The zero-order chi connectivity index (χ0) is 17.6. The second-order valence-electron chi connectivity index (χ2n) is 6.27. The van der Waals surface area contributed by atoms with Crippen molar-refractivity contribution < 1.29 is 9.59 Å². The molecule has 0 atom stereocenters. The molecule has 1 fully saturated rings. The Balaban J connectivity index is 1.66. The van der Waals surface area contributed by atoms with Crippen LogP contribution in [0.3, 0.4) is 0 Å². The van der Waals surface area contributed by atoms with Crippen molar-refractivity contribution in [2.75, 3.05) is 13.1 Å². The van der Waals surface area contributed by atoms with Gasteiger partial charge in [-0.15, -0.1) is 0 Å². The molecule has 130 valence electrons. The number of nitrogens with zero attached hydrogens (tertiary/aromatic N) is 2. The van der Waals surface area contributed by atoms with Crippen molar-refractivity contribution in [3.63, 3.8) is 0 Å². The highest BCUT2D eigenvalue weighted by Gasteiger charge is 2.19. The Morgan fingerprint density at radius 1 is 1.20 bits per heavy atom. The summed E-state index contributed by atoms with van der Waals surface area (Å²) in [6.45, 7) is 4.07. The summed E-state index contributed by atoms with van der Waals surface area (Å²) >= 11 is 0. The molecule has 0 aliphatic carbocycles. The average molecular weight is 337 g/mol. The summed E-state index contributed by atoms with van der Waals surface area (Å²) in [6.07, 6.45) is 6.27. The van der Waals surface area contributed by atoms with Gasteiger partial charge in [-0.05, 0) is 48.6 Å². The Morgan fingerprint density at radius 2 is 2.00 bits per heavy atom. The van der Waals surface area contributed by atoms with Gasteiger partial charge in [0, 0.05) is 43.2 Å². The highest BCUT2D eigenvalue weighted by Crippen LogP contribution is 2.14. The van der Waals surface area contributed by atoms with Gasteiger partial charge in [-0.2, -0.15) is 0 Å². The van der Waals surface area contributed by atoms with Crippen LogP contribution in [0.4, 0.5) is 0 Å². The van der Waals surface area contributed by atoms with Gasteiger partial charge in [0.2, 0.25) is 0 Å². The molecule has 0 unspecified atom stereocenters. The number of benzene rings is 1. The molecule has 1 aliphatic heterocycles. The van der Waals surface area contributed by atoms with Gasteiger partial charge >= 0.3 is 0 Å². The van der Waals surface area contributed by atoms with E-state index in [4.69, 9.17) is 0 Å². The number of amides is 2. The van der Waals surface area contributed by atoms with Crippen LogP contribution in [0, 0.1) is 0 Å². The van der Waals surface area contributed by atoms with Crippen LogP contribution in [0.15, 0.2) is 42.7 Å². The third kappa shape index (κ3) is 4.05. The van der Waals surface area contributed by atoms with Crippen molar-refractivity contribution in [2.24, 2.45) is 0 Å². The molecule has 0 spiro atoms. The third-order valence-corrected chi connectivity index (χ3v) is 4.55. The molecule has 3 rings (SSSR count). The Morgan fingerprint density at radius 3 is 2.76 bits per heavy atom. The Hall–Kier alpha value is -2.69. The van der Waals surface area contributed by atoms with E-state index in [9.17, 15) is 9.59 Å². The van der Waals surface area contributed by atoms with E-state index in [1.807, 2.05) is 36.1 Å². The van der Waals surface area contributed by atoms with Crippen LogP contribution < -0.4 is 5.32 Å². The van der Waals surface area contributed by atoms with E-state index in [1.165, 1.54) is 0 Å². The summed E-state index contributed by atoms with van der Waals surface area (Å²) in [6, 6.07) is 9.24. The van der Waals surface area contributed by atoms with Crippen molar-refractivity contribution >= 4 is 11.8 Å². The summed E-state index contributed by atoms with van der Waals surface area (Å²) in [5.41, 5.74) is 3.19. The van der Waals surface area contributed by atoms with E-state index in [-0.39, 0.29) is 11.8 Å². The molecular formula is C20H23N3O2. The van der Waals surface area contributed by atoms with Gasteiger partial charge in [0.1, 0.15) is 0 Å².